The van der Waals surface area contributed by atoms with Gasteiger partial charge in [-0.2, -0.15) is 0 Å². The lowest BCUT2D eigenvalue weighted by atomic mass is 10.2. The summed E-state index contributed by atoms with van der Waals surface area (Å²) in [5.74, 6) is 0.350. The van der Waals surface area contributed by atoms with Crippen molar-refractivity contribution in [2.75, 3.05) is 13.2 Å². The van der Waals surface area contributed by atoms with Crippen molar-refractivity contribution >= 4 is 27.6 Å². The van der Waals surface area contributed by atoms with E-state index in [9.17, 15) is 13.2 Å². The van der Waals surface area contributed by atoms with Gasteiger partial charge in [-0.3, -0.25) is 0 Å². The van der Waals surface area contributed by atoms with Crippen molar-refractivity contribution in [3.63, 3.8) is 0 Å². The Morgan fingerprint density at radius 1 is 1.18 bits per heavy atom. The molecule has 1 fully saturated rings. The maximum atomic E-state index is 12.4. The van der Waals surface area contributed by atoms with Gasteiger partial charge in [-0.25, -0.2) is 17.9 Å². The van der Waals surface area contributed by atoms with Gasteiger partial charge in [-0.1, -0.05) is 17.7 Å². The molecular formula is C19H18ClNO6S. The van der Waals surface area contributed by atoms with E-state index >= 15 is 0 Å². The van der Waals surface area contributed by atoms with Gasteiger partial charge < -0.3 is 14.2 Å². The minimum atomic E-state index is -3.64. The third kappa shape index (κ3) is 4.24. The second-order valence-electron chi connectivity index (χ2n) is 6.60. The fraction of sp³-hybridized carbons (Fsp3) is 0.316. The molecule has 2 aliphatic rings. The molecule has 1 N–H and O–H groups in total. The zero-order valence-electron chi connectivity index (χ0n) is 14.8. The molecule has 2 aromatic carbocycles. The molecular weight excluding hydrogens is 406 g/mol. The first-order valence-electron chi connectivity index (χ1n) is 8.80. The van der Waals surface area contributed by atoms with Crippen LogP contribution < -0.4 is 14.2 Å². The van der Waals surface area contributed by atoms with Gasteiger partial charge in [0.2, 0.25) is 10.0 Å². The molecule has 0 atom stereocenters. The number of hydrogen-bond donors (Lipinski definition) is 1. The lowest BCUT2D eigenvalue weighted by Gasteiger charge is -2.20. The molecule has 148 valence electrons. The first-order valence-corrected chi connectivity index (χ1v) is 10.7. The number of carbonyl (C=O) groups is 1. The minimum Gasteiger partial charge on any atom is -0.486 e. The van der Waals surface area contributed by atoms with Crippen molar-refractivity contribution < 1.29 is 27.4 Å². The number of halogens is 1. The number of ether oxygens (including phenoxy) is 3. The van der Waals surface area contributed by atoms with Crippen LogP contribution in [0.15, 0.2) is 41.3 Å². The first kappa shape index (κ1) is 19.0. The summed E-state index contributed by atoms with van der Waals surface area (Å²) in [7, 11) is -3.64. The maximum Gasteiger partial charge on any atom is 0.338 e. The second kappa shape index (κ2) is 7.62. The smallest absolute Gasteiger partial charge is 0.338 e. The average Bonchev–Trinajstić information content (AvgIpc) is 3.49. The molecule has 1 aliphatic heterocycles. The van der Waals surface area contributed by atoms with Gasteiger partial charge in [0.05, 0.1) is 15.5 Å². The van der Waals surface area contributed by atoms with Crippen molar-refractivity contribution in [3.05, 3.63) is 52.5 Å². The molecule has 1 aliphatic carbocycles. The summed E-state index contributed by atoms with van der Waals surface area (Å²) >= 11 is 6.18. The normalized spacial score (nSPS) is 15.9. The van der Waals surface area contributed by atoms with Crippen LogP contribution in [0.4, 0.5) is 0 Å². The number of hydrogen-bond acceptors (Lipinski definition) is 6. The topological polar surface area (TPSA) is 90.9 Å². The van der Waals surface area contributed by atoms with Crippen molar-refractivity contribution in [2.45, 2.75) is 30.4 Å². The van der Waals surface area contributed by atoms with Gasteiger partial charge in [0.1, 0.15) is 19.8 Å². The van der Waals surface area contributed by atoms with Crippen LogP contribution in [0.3, 0.4) is 0 Å². The monoisotopic (exact) mass is 423 g/mol. The van der Waals surface area contributed by atoms with E-state index in [1.54, 1.807) is 12.1 Å². The minimum absolute atomic E-state index is 0.0134. The maximum absolute atomic E-state index is 12.4. The standard InChI is InChI=1S/C19H18ClNO6S/c20-16-8-12(9-17-18(16)26-7-6-25-17)11-27-19(22)13-2-1-3-15(10-13)28(23,24)21-14-4-5-14/h1-3,8-10,14,21H,4-7,11H2. The van der Waals surface area contributed by atoms with Crippen molar-refractivity contribution in [3.8, 4) is 11.5 Å². The van der Waals surface area contributed by atoms with E-state index in [1.165, 1.54) is 24.3 Å². The Labute approximate surface area is 167 Å². The van der Waals surface area contributed by atoms with Gasteiger partial charge in [0.25, 0.3) is 0 Å². The van der Waals surface area contributed by atoms with E-state index in [4.69, 9.17) is 25.8 Å². The Hall–Kier alpha value is -2.29. The number of benzene rings is 2. The lowest BCUT2D eigenvalue weighted by Crippen LogP contribution is -2.25. The predicted molar refractivity (Wildman–Crippen MR) is 101 cm³/mol. The van der Waals surface area contributed by atoms with Crippen LogP contribution in [-0.4, -0.2) is 33.6 Å². The average molecular weight is 424 g/mol. The highest BCUT2D eigenvalue weighted by Crippen LogP contribution is 2.38. The molecule has 28 heavy (non-hydrogen) atoms. The van der Waals surface area contributed by atoms with Crippen molar-refractivity contribution in [1.82, 2.24) is 4.72 Å². The van der Waals surface area contributed by atoms with Crippen LogP contribution in [-0.2, 0) is 21.4 Å². The number of fused-ring (bicyclic) bond motifs is 1. The fourth-order valence-corrected chi connectivity index (χ4v) is 4.40. The van der Waals surface area contributed by atoms with Crippen LogP contribution in [0.25, 0.3) is 0 Å². The molecule has 0 aromatic heterocycles. The fourth-order valence-electron chi connectivity index (χ4n) is 2.76. The Kier molecular flexibility index (Phi) is 5.18. The third-order valence-corrected chi connectivity index (χ3v) is 6.10. The zero-order valence-corrected chi connectivity index (χ0v) is 16.4. The summed E-state index contributed by atoms with van der Waals surface area (Å²) in [6.45, 7) is 0.811. The summed E-state index contributed by atoms with van der Waals surface area (Å²) in [5, 5.41) is 0.377. The van der Waals surface area contributed by atoms with E-state index < -0.39 is 16.0 Å². The first-order chi connectivity index (χ1) is 13.4. The van der Waals surface area contributed by atoms with Crippen molar-refractivity contribution in [2.24, 2.45) is 0 Å². The lowest BCUT2D eigenvalue weighted by molar-refractivity contribution is 0.0471. The second-order valence-corrected chi connectivity index (χ2v) is 8.72. The quantitative estimate of drug-likeness (QED) is 0.718. The van der Waals surface area contributed by atoms with Gasteiger partial charge in [0, 0.05) is 6.04 Å². The van der Waals surface area contributed by atoms with E-state index in [1.807, 2.05) is 0 Å². The number of carbonyl (C=O) groups excluding carboxylic acids is 1. The van der Waals surface area contributed by atoms with E-state index in [0.717, 1.165) is 12.8 Å². The highest BCUT2D eigenvalue weighted by Gasteiger charge is 2.28. The van der Waals surface area contributed by atoms with Crippen molar-refractivity contribution in [1.29, 1.82) is 0 Å². The molecule has 0 radical (unpaired) electrons. The largest absolute Gasteiger partial charge is 0.486 e. The Morgan fingerprint density at radius 2 is 1.96 bits per heavy atom. The van der Waals surface area contributed by atoms with Gasteiger partial charge in [-0.15, -0.1) is 0 Å². The highest BCUT2D eigenvalue weighted by atomic mass is 35.5. The molecule has 4 rings (SSSR count). The summed E-state index contributed by atoms with van der Waals surface area (Å²) in [4.78, 5) is 12.4. The van der Waals surface area contributed by atoms with Gasteiger partial charge in [0.15, 0.2) is 11.5 Å². The van der Waals surface area contributed by atoms with Crippen LogP contribution in [0.2, 0.25) is 5.02 Å². The molecule has 1 saturated carbocycles. The molecule has 9 heteroatoms. The number of nitrogens with one attached hydrogen (secondary N) is 1. The number of sulfonamides is 1. The van der Waals surface area contributed by atoms with Crippen LogP contribution in [0.5, 0.6) is 11.5 Å². The molecule has 0 saturated heterocycles. The molecule has 0 spiro atoms. The van der Waals surface area contributed by atoms with Crippen LogP contribution in [0, 0.1) is 0 Å². The summed E-state index contributed by atoms with van der Waals surface area (Å²) < 4.78 is 43.5. The van der Waals surface area contributed by atoms with Gasteiger partial charge in [-0.05, 0) is 48.7 Å². The highest BCUT2D eigenvalue weighted by molar-refractivity contribution is 7.89. The SMILES string of the molecule is O=C(OCc1cc(Cl)c2c(c1)OCCO2)c1cccc(S(=O)(=O)NC2CC2)c1. The summed E-state index contributed by atoms with van der Waals surface area (Å²) in [6.07, 6.45) is 1.66. The molecule has 0 bridgehead atoms. The zero-order chi connectivity index (χ0) is 19.7. The summed E-state index contributed by atoms with van der Waals surface area (Å²) in [5.41, 5.74) is 0.795. The van der Waals surface area contributed by atoms with E-state index in [2.05, 4.69) is 4.72 Å². The molecule has 7 nitrogen and oxygen atoms in total. The Balaban J connectivity index is 1.46. The molecule has 0 unspecified atom stereocenters. The predicted octanol–water partition coefficient (Wildman–Crippen LogP) is 2.91. The van der Waals surface area contributed by atoms with E-state index in [0.29, 0.717) is 35.3 Å². The Morgan fingerprint density at radius 3 is 2.75 bits per heavy atom. The molecule has 2 aromatic rings. The van der Waals surface area contributed by atoms with Gasteiger partial charge >= 0.3 is 5.97 Å². The number of rotatable bonds is 6. The molecule has 0 amide bonds. The van der Waals surface area contributed by atoms with Crippen LogP contribution >= 0.6 is 11.6 Å². The number of esters is 1. The summed E-state index contributed by atoms with van der Waals surface area (Å²) in [6, 6.07) is 9.11. The molecule has 1 heterocycles. The Bertz CT molecular complexity index is 1020. The third-order valence-electron chi connectivity index (χ3n) is 4.31. The van der Waals surface area contributed by atoms with Crippen LogP contribution in [0.1, 0.15) is 28.8 Å². The van der Waals surface area contributed by atoms with E-state index in [-0.39, 0.29) is 23.1 Å².